The molecule has 3 amide bonds. The second-order valence-corrected chi connectivity index (χ2v) is 12.2. The van der Waals surface area contributed by atoms with E-state index in [1.807, 2.05) is 30.9 Å². The summed E-state index contributed by atoms with van der Waals surface area (Å²) in [7, 11) is 0. The zero-order valence-corrected chi connectivity index (χ0v) is 28.3. The van der Waals surface area contributed by atoms with Crippen molar-refractivity contribution in [1.82, 2.24) is 10.2 Å². The average molecular weight is 622 g/mol. The lowest BCUT2D eigenvalue weighted by molar-refractivity contribution is -0.138. The summed E-state index contributed by atoms with van der Waals surface area (Å²) in [6.07, 6.45) is 10.7. The Kier molecular flexibility index (Phi) is 17.5. The third kappa shape index (κ3) is 16.7. The Hall–Kier alpha value is -3.81. The molecule has 0 unspecified atom stereocenters. The summed E-state index contributed by atoms with van der Waals surface area (Å²) in [6.45, 7) is 15.4. The zero-order chi connectivity index (χ0) is 33.0. The van der Waals surface area contributed by atoms with Gasteiger partial charge < -0.3 is 19.7 Å². The van der Waals surface area contributed by atoms with E-state index in [1.54, 1.807) is 6.92 Å². The molecule has 2 aromatic carbocycles. The number of hydrogen-bond acceptors (Lipinski definition) is 5. The van der Waals surface area contributed by atoms with Crippen LogP contribution in [0, 0.1) is 27.7 Å². The Morgan fingerprint density at radius 3 is 1.76 bits per heavy atom. The fourth-order valence-electron chi connectivity index (χ4n) is 5.35. The molecule has 45 heavy (non-hydrogen) atoms. The van der Waals surface area contributed by atoms with Gasteiger partial charge in [-0.2, -0.15) is 0 Å². The predicted molar refractivity (Wildman–Crippen MR) is 183 cm³/mol. The van der Waals surface area contributed by atoms with Crippen LogP contribution in [0.2, 0.25) is 0 Å². The van der Waals surface area contributed by atoms with Gasteiger partial charge in [0.15, 0.2) is 0 Å². The van der Waals surface area contributed by atoms with Crippen LogP contribution in [0.4, 0.5) is 15.3 Å². The first-order valence-corrected chi connectivity index (χ1v) is 16.5. The number of carbonyl (C=O) groups excluding carboxylic acids is 3. The van der Waals surface area contributed by atoms with Crippen molar-refractivity contribution in [3.8, 4) is 0 Å². The van der Waals surface area contributed by atoms with Crippen LogP contribution in [0.25, 0.3) is 0 Å². The second kappa shape index (κ2) is 21.0. The molecule has 0 radical (unpaired) electrons. The highest BCUT2D eigenvalue weighted by molar-refractivity contribution is 5.87. The minimum Gasteiger partial charge on any atom is -0.460 e. The molecular weight excluding hydrogens is 566 g/mol. The van der Waals surface area contributed by atoms with E-state index in [9.17, 15) is 14.4 Å². The predicted octanol–water partition coefficient (Wildman–Crippen LogP) is 8.70. The molecule has 8 heteroatoms. The number of unbranched alkanes of at least 4 members (excludes halogenated alkanes) is 9. The highest BCUT2D eigenvalue weighted by Gasteiger charge is 2.14. The molecule has 0 fully saturated rings. The fourth-order valence-corrected chi connectivity index (χ4v) is 5.35. The number of carbonyl (C=O) groups is 3. The lowest BCUT2D eigenvalue weighted by Gasteiger charge is -2.24. The van der Waals surface area contributed by atoms with E-state index in [0.29, 0.717) is 25.3 Å². The molecule has 0 aliphatic rings. The number of nitrogens with zero attached hydrogens (tertiary/aromatic N) is 1. The third-order valence-corrected chi connectivity index (χ3v) is 7.43. The van der Waals surface area contributed by atoms with E-state index in [4.69, 9.17) is 9.47 Å². The summed E-state index contributed by atoms with van der Waals surface area (Å²) in [6, 6.07) is 12.2. The number of amides is 3. The SMILES string of the molecule is C=C(C)C(=O)OCCNC(=O)N(CCCCCCCCCCCCOC(=O)Nc1cc(C)cc(C)c1)Cc1cc(C)cc(C)c1. The summed E-state index contributed by atoms with van der Waals surface area (Å²) in [5, 5.41) is 5.70. The fraction of sp³-hybridized carbons (Fsp3) is 0.541. The molecule has 0 aliphatic heterocycles. The molecule has 2 rings (SSSR count). The van der Waals surface area contributed by atoms with Gasteiger partial charge in [0.1, 0.15) is 6.61 Å². The molecule has 0 aliphatic carbocycles. The van der Waals surface area contributed by atoms with Gasteiger partial charge in [-0.1, -0.05) is 93.3 Å². The molecule has 248 valence electrons. The molecule has 0 heterocycles. The van der Waals surface area contributed by atoms with E-state index >= 15 is 0 Å². The van der Waals surface area contributed by atoms with Gasteiger partial charge in [-0.25, -0.2) is 14.4 Å². The van der Waals surface area contributed by atoms with Crippen molar-refractivity contribution in [3.05, 3.63) is 76.4 Å². The first-order chi connectivity index (χ1) is 21.5. The first kappa shape index (κ1) is 37.4. The average Bonchev–Trinajstić information content (AvgIpc) is 2.95. The van der Waals surface area contributed by atoms with Crippen LogP contribution >= 0.6 is 0 Å². The number of nitrogens with one attached hydrogen (secondary N) is 2. The van der Waals surface area contributed by atoms with Gasteiger partial charge in [0.05, 0.1) is 13.2 Å². The lowest BCUT2D eigenvalue weighted by atomic mass is 10.1. The Morgan fingerprint density at radius 1 is 0.689 bits per heavy atom. The normalized spacial score (nSPS) is 10.7. The van der Waals surface area contributed by atoms with Crippen molar-refractivity contribution in [2.75, 3.05) is 31.6 Å². The molecule has 8 nitrogen and oxygen atoms in total. The van der Waals surface area contributed by atoms with Crippen LogP contribution in [0.15, 0.2) is 48.6 Å². The van der Waals surface area contributed by atoms with Crippen LogP contribution in [0.3, 0.4) is 0 Å². The molecule has 2 N–H and O–H groups in total. The van der Waals surface area contributed by atoms with Gasteiger partial charge in [-0.3, -0.25) is 5.32 Å². The molecule has 0 saturated carbocycles. The Labute approximate surface area is 270 Å². The van der Waals surface area contributed by atoms with E-state index < -0.39 is 12.1 Å². The van der Waals surface area contributed by atoms with Crippen LogP contribution < -0.4 is 10.6 Å². The minimum absolute atomic E-state index is 0.119. The number of ether oxygens (including phenoxy) is 2. The molecule has 0 spiro atoms. The Balaban J connectivity index is 1.57. The monoisotopic (exact) mass is 621 g/mol. The van der Waals surface area contributed by atoms with Gasteiger partial charge in [-0.15, -0.1) is 0 Å². The van der Waals surface area contributed by atoms with Crippen molar-refractivity contribution in [3.63, 3.8) is 0 Å². The maximum Gasteiger partial charge on any atom is 0.411 e. The Morgan fingerprint density at radius 2 is 1.20 bits per heavy atom. The van der Waals surface area contributed by atoms with Gasteiger partial charge in [0.25, 0.3) is 0 Å². The maximum atomic E-state index is 13.0. The van der Waals surface area contributed by atoms with E-state index in [-0.39, 0.29) is 19.2 Å². The number of benzene rings is 2. The van der Waals surface area contributed by atoms with E-state index in [2.05, 4.69) is 55.3 Å². The van der Waals surface area contributed by atoms with Gasteiger partial charge in [0.2, 0.25) is 0 Å². The summed E-state index contributed by atoms with van der Waals surface area (Å²) in [4.78, 5) is 38.4. The smallest absolute Gasteiger partial charge is 0.411 e. The van der Waals surface area contributed by atoms with Gasteiger partial charge in [0, 0.05) is 24.4 Å². The Bertz CT molecular complexity index is 1200. The molecule has 0 saturated heterocycles. The standard InChI is InChI=1S/C37H55N3O5/c1-28(2)35(41)44-20-17-38-36(42)40(27-33-23-29(3)21-30(4)24-33)18-15-13-11-9-7-8-10-12-14-16-19-45-37(43)39-34-25-31(5)22-32(6)26-34/h21-26H,1,7-20,27H2,2-6H3,(H,38,42)(H,39,43). The minimum atomic E-state index is -0.448. The van der Waals surface area contributed by atoms with Crippen molar-refractivity contribution in [2.24, 2.45) is 0 Å². The second-order valence-electron chi connectivity index (χ2n) is 12.2. The topological polar surface area (TPSA) is 97.0 Å². The quantitative estimate of drug-likeness (QED) is 0.0876. The number of esters is 1. The highest BCUT2D eigenvalue weighted by Crippen LogP contribution is 2.16. The van der Waals surface area contributed by atoms with Crippen LogP contribution in [-0.4, -0.2) is 49.3 Å². The van der Waals surface area contributed by atoms with Crippen molar-refractivity contribution in [1.29, 1.82) is 0 Å². The largest absolute Gasteiger partial charge is 0.460 e. The number of aryl methyl sites for hydroxylation is 4. The van der Waals surface area contributed by atoms with Crippen molar-refractivity contribution >= 4 is 23.8 Å². The molecule has 0 aromatic heterocycles. The van der Waals surface area contributed by atoms with Gasteiger partial charge in [-0.05, 0) is 76.3 Å². The number of anilines is 1. The molecular formula is C37H55N3O5. The van der Waals surface area contributed by atoms with Crippen molar-refractivity contribution in [2.45, 2.75) is 105 Å². The summed E-state index contributed by atoms with van der Waals surface area (Å²) in [5.41, 5.74) is 6.81. The van der Waals surface area contributed by atoms with Crippen molar-refractivity contribution < 1.29 is 23.9 Å². The number of hydrogen-bond donors (Lipinski definition) is 2. The first-order valence-electron chi connectivity index (χ1n) is 16.5. The summed E-state index contributed by atoms with van der Waals surface area (Å²) >= 11 is 0. The highest BCUT2D eigenvalue weighted by atomic mass is 16.5. The van der Waals surface area contributed by atoms with E-state index in [1.165, 1.54) is 36.8 Å². The van der Waals surface area contributed by atoms with Gasteiger partial charge >= 0.3 is 18.1 Å². The zero-order valence-electron chi connectivity index (χ0n) is 28.3. The van der Waals surface area contributed by atoms with Crippen LogP contribution in [-0.2, 0) is 20.8 Å². The third-order valence-electron chi connectivity index (χ3n) is 7.43. The molecule has 2 aromatic rings. The molecule has 0 atom stereocenters. The molecule has 0 bridgehead atoms. The van der Waals surface area contributed by atoms with E-state index in [0.717, 1.165) is 60.9 Å². The maximum absolute atomic E-state index is 13.0. The summed E-state index contributed by atoms with van der Waals surface area (Å²) in [5.74, 6) is -0.448. The number of rotatable bonds is 20. The lowest BCUT2D eigenvalue weighted by Crippen LogP contribution is -2.41. The van der Waals surface area contributed by atoms with Crippen LogP contribution in [0.1, 0.15) is 98.9 Å². The summed E-state index contributed by atoms with van der Waals surface area (Å²) < 4.78 is 10.4. The van der Waals surface area contributed by atoms with Crippen LogP contribution in [0.5, 0.6) is 0 Å². The number of urea groups is 1.